The van der Waals surface area contributed by atoms with Gasteiger partial charge in [-0.15, -0.1) is 0 Å². The van der Waals surface area contributed by atoms with Gasteiger partial charge in [0, 0.05) is 19.5 Å². The fourth-order valence-electron chi connectivity index (χ4n) is 1.59. The van der Waals surface area contributed by atoms with Crippen LogP contribution >= 0.6 is 0 Å². The molecule has 0 aromatic heterocycles. The molecule has 0 radical (unpaired) electrons. The third kappa shape index (κ3) is 4.02. The average Bonchev–Trinajstić information content (AvgIpc) is 1.85. The lowest BCUT2D eigenvalue weighted by atomic mass is 9.94. The molecular formula is C9H20FNO. The molecule has 1 N–H and O–H groups in total. The Morgan fingerprint density at radius 1 is 1.50 bits per heavy atom. The third-order valence-electron chi connectivity index (χ3n) is 1.78. The van der Waals surface area contributed by atoms with Gasteiger partial charge in [-0.3, -0.25) is 0 Å². The maximum atomic E-state index is 12.7. The molecule has 2 unspecified atom stereocenters. The lowest BCUT2D eigenvalue weighted by Crippen LogP contribution is -2.49. The second-order valence-electron chi connectivity index (χ2n) is 3.50. The predicted octanol–water partition coefficient (Wildman–Crippen LogP) is 1.44. The van der Waals surface area contributed by atoms with Gasteiger partial charge >= 0.3 is 0 Å². The van der Waals surface area contributed by atoms with Crippen molar-refractivity contribution in [2.45, 2.75) is 39.0 Å². The molecule has 1 aliphatic rings. The van der Waals surface area contributed by atoms with Crippen LogP contribution in [0.1, 0.15) is 27.2 Å². The van der Waals surface area contributed by atoms with Gasteiger partial charge in [-0.2, -0.15) is 0 Å². The van der Waals surface area contributed by atoms with Crippen LogP contribution in [-0.4, -0.2) is 41.9 Å². The highest BCUT2D eigenvalue weighted by Gasteiger charge is 2.32. The Kier molecular flexibility index (Phi) is 4.71. The van der Waals surface area contributed by atoms with Crippen molar-refractivity contribution in [2.75, 3.05) is 20.1 Å². The van der Waals surface area contributed by atoms with Crippen LogP contribution in [0, 0.1) is 0 Å². The number of alkyl halides is 1. The molecule has 1 saturated heterocycles. The van der Waals surface area contributed by atoms with E-state index in [1.165, 1.54) is 0 Å². The van der Waals surface area contributed by atoms with E-state index in [9.17, 15) is 9.50 Å². The second-order valence-corrected chi connectivity index (χ2v) is 3.50. The first kappa shape index (κ1) is 11.8. The monoisotopic (exact) mass is 177 g/mol. The maximum absolute atomic E-state index is 12.7. The molecule has 1 fully saturated rings. The van der Waals surface area contributed by atoms with Crippen molar-refractivity contribution >= 4 is 0 Å². The smallest absolute Gasteiger partial charge is 0.115 e. The molecule has 1 rings (SSSR count). The van der Waals surface area contributed by atoms with Crippen LogP contribution in [0.5, 0.6) is 0 Å². The minimum atomic E-state index is -0.867. The van der Waals surface area contributed by atoms with Crippen LogP contribution in [-0.2, 0) is 0 Å². The lowest BCUT2D eigenvalue weighted by Gasteiger charge is -2.36. The fourth-order valence-corrected chi connectivity index (χ4v) is 1.59. The zero-order valence-electron chi connectivity index (χ0n) is 8.47. The van der Waals surface area contributed by atoms with E-state index in [-0.39, 0.29) is 6.42 Å². The minimum Gasteiger partial charge on any atom is -0.389 e. The molecule has 12 heavy (non-hydrogen) atoms. The topological polar surface area (TPSA) is 23.5 Å². The largest absolute Gasteiger partial charge is 0.389 e. The molecule has 0 aromatic carbocycles. The molecule has 0 aliphatic carbocycles. The van der Waals surface area contributed by atoms with Crippen molar-refractivity contribution in [1.29, 1.82) is 0 Å². The summed E-state index contributed by atoms with van der Waals surface area (Å²) in [6.45, 7) is 6.71. The van der Waals surface area contributed by atoms with Crippen molar-refractivity contribution in [3.8, 4) is 0 Å². The first-order valence-corrected chi connectivity index (χ1v) is 4.55. The highest BCUT2D eigenvalue weighted by atomic mass is 19.1. The number of likely N-dealkylation sites (N-methyl/N-ethyl adjacent to an activating group) is 1. The van der Waals surface area contributed by atoms with E-state index in [0.29, 0.717) is 13.1 Å². The van der Waals surface area contributed by atoms with Gasteiger partial charge in [0.2, 0.25) is 0 Å². The highest BCUT2D eigenvalue weighted by Crippen LogP contribution is 2.21. The number of halogens is 1. The van der Waals surface area contributed by atoms with Crippen molar-refractivity contribution in [3.63, 3.8) is 0 Å². The van der Waals surface area contributed by atoms with Gasteiger partial charge in [-0.25, -0.2) is 4.39 Å². The first-order valence-electron chi connectivity index (χ1n) is 4.55. The molecule has 3 heteroatoms. The Morgan fingerprint density at radius 3 is 2.33 bits per heavy atom. The number of aliphatic hydroxyl groups is 1. The molecule has 74 valence electrons. The molecule has 2 atom stereocenters. The lowest BCUT2D eigenvalue weighted by molar-refractivity contribution is -0.0381. The standard InChI is InChI=1S/C7H14FNO.C2H6/c1-7(10)3-6(8)4-9(2)5-7;1-2/h6,10H,3-5H2,1-2H3;1-2H3. The van der Waals surface area contributed by atoms with Crippen molar-refractivity contribution in [3.05, 3.63) is 0 Å². The van der Waals surface area contributed by atoms with Crippen LogP contribution in [0.25, 0.3) is 0 Å². The summed E-state index contributed by atoms with van der Waals surface area (Å²) in [4.78, 5) is 1.81. The van der Waals surface area contributed by atoms with Gasteiger partial charge < -0.3 is 10.0 Å². The van der Waals surface area contributed by atoms with Gasteiger partial charge in [0.25, 0.3) is 0 Å². The maximum Gasteiger partial charge on any atom is 0.115 e. The molecule has 0 aromatic rings. The van der Waals surface area contributed by atoms with E-state index >= 15 is 0 Å². The molecule has 0 amide bonds. The van der Waals surface area contributed by atoms with E-state index in [1.54, 1.807) is 6.92 Å². The quantitative estimate of drug-likeness (QED) is 0.605. The van der Waals surface area contributed by atoms with E-state index in [4.69, 9.17) is 0 Å². The number of rotatable bonds is 0. The van der Waals surface area contributed by atoms with Gasteiger partial charge in [0.05, 0.1) is 5.60 Å². The highest BCUT2D eigenvalue weighted by molar-refractivity contribution is 4.86. The summed E-state index contributed by atoms with van der Waals surface area (Å²) in [5, 5.41) is 9.43. The van der Waals surface area contributed by atoms with Gasteiger partial charge in [-0.1, -0.05) is 13.8 Å². The van der Waals surface area contributed by atoms with Crippen molar-refractivity contribution < 1.29 is 9.50 Å². The SMILES string of the molecule is CC.CN1CC(F)CC(C)(O)C1. The molecule has 0 bridgehead atoms. The molecule has 2 nitrogen and oxygen atoms in total. The molecule has 0 saturated carbocycles. The van der Waals surface area contributed by atoms with Crippen LogP contribution in [0.15, 0.2) is 0 Å². The zero-order chi connectivity index (χ0) is 9.78. The summed E-state index contributed by atoms with van der Waals surface area (Å²) in [5.74, 6) is 0. The summed E-state index contributed by atoms with van der Waals surface area (Å²) in [6.07, 6.45) is -0.592. The number of hydrogen-bond acceptors (Lipinski definition) is 2. The predicted molar refractivity (Wildman–Crippen MR) is 49.0 cm³/mol. The van der Waals surface area contributed by atoms with Crippen LogP contribution in [0.4, 0.5) is 4.39 Å². The Morgan fingerprint density at radius 2 is 2.00 bits per heavy atom. The number of hydrogen-bond donors (Lipinski definition) is 1. The Bertz CT molecular complexity index is 116. The summed E-state index contributed by atoms with van der Waals surface area (Å²) < 4.78 is 12.7. The molecule has 0 spiro atoms. The Hall–Kier alpha value is -0.150. The van der Waals surface area contributed by atoms with Crippen LogP contribution in [0.2, 0.25) is 0 Å². The number of piperidine rings is 1. The van der Waals surface area contributed by atoms with Crippen molar-refractivity contribution in [2.24, 2.45) is 0 Å². The Labute approximate surface area is 74.4 Å². The normalized spacial score (nSPS) is 37.0. The van der Waals surface area contributed by atoms with Gasteiger partial charge in [0.1, 0.15) is 6.17 Å². The van der Waals surface area contributed by atoms with Gasteiger partial charge in [0.15, 0.2) is 0 Å². The van der Waals surface area contributed by atoms with E-state index in [2.05, 4.69) is 0 Å². The van der Waals surface area contributed by atoms with E-state index < -0.39 is 11.8 Å². The molecular weight excluding hydrogens is 157 g/mol. The number of β-amino-alcohol motifs (C(OH)–C–C–N with tert-alkyl or cyclic N) is 1. The first-order chi connectivity index (χ1) is 5.49. The molecule has 1 heterocycles. The number of nitrogens with zero attached hydrogens (tertiary/aromatic N) is 1. The third-order valence-corrected chi connectivity index (χ3v) is 1.78. The summed E-state index contributed by atoms with van der Waals surface area (Å²) in [7, 11) is 1.82. The Balaban J connectivity index is 0.000000561. The van der Waals surface area contributed by atoms with E-state index in [1.807, 2.05) is 25.8 Å². The zero-order valence-corrected chi connectivity index (χ0v) is 8.47. The van der Waals surface area contributed by atoms with Crippen molar-refractivity contribution in [1.82, 2.24) is 4.90 Å². The average molecular weight is 177 g/mol. The van der Waals surface area contributed by atoms with Crippen LogP contribution in [0.3, 0.4) is 0 Å². The summed E-state index contributed by atoms with van der Waals surface area (Å²) in [6, 6.07) is 0. The molecule has 1 aliphatic heterocycles. The number of likely N-dealkylation sites (tertiary alicyclic amines) is 1. The summed E-state index contributed by atoms with van der Waals surface area (Å²) >= 11 is 0. The van der Waals surface area contributed by atoms with Crippen LogP contribution < -0.4 is 0 Å². The summed E-state index contributed by atoms with van der Waals surface area (Å²) in [5.41, 5.74) is -0.827. The van der Waals surface area contributed by atoms with E-state index in [0.717, 1.165) is 0 Å². The minimum absolute atomic E-state index is 0.275. The fraction of sp³-hybridized carbons (Fsp3) is 1.00. The van der Waals surface area contributed by atoms with Gasteiger partial charge in [-0.05, 0) is 14.0 Å². The second kappa shape index (κ2) is 4.77.